The number of aliphatic hydroxyl groups excluding tert-OH is 1. The molecule has 0 unspecified atom stereocenters. The molecule has 1 aromatic rings. The van der Waals surface area contributed by atoms with Crippen LogP contribution in [0.5, 0.6) is 0 Å². The molecule has 3 heterocycles. The molecule has 2 saturated heterocycles. The normalized spacial score (nSPS) is 25.0. The number of hydrogen-bond donors (Lipinski definition) is 1. The van der Waals surface area contributed by atoms with E-state index in [1.165, 1.54) is 18.7 Å². The fourth-order valence-electron chi connectivity index (χ4n) is 4.10. The van der Waals surface area contributed by atoms with Crippen LogP contribution in [-0.4, -0.2) is 68.0 Å². The SMILES string of the molecule is CC(=O)N1CC2(CCN(C(=O)c3cncnc3)CC2)C[C@H](O)C1(C)C. The van der Waals surface area contributed by atoms with Crippen molar-refractivity contribution in [3.05, 3.63) is 24.3 Å². The van der Waals surface area contributed by atoms with E-state index in [2.05, 4.69) is 9.97 Å². The Morgan fingerprint density at radius 1 is 1.20 bits per heavy atom. The molecule has 0 aliphatic carbocycles. The van der Waals surface area contributed by atoms with Gasteiger partial charge < -0.3 is 14.9 Å². The van der Waals surface area contributed by atoms with Crippen LogP contribution in [0.4, 0.5) is 0 Å². The van der Waals surface area contributed by atoms with Crippen LogP contribution >= 0.6 is 0 Å². The van der Waals surface area contributed by atoms with Crippen molar-refractivity contribution >= 4 is 11.8 Å². The second-order valence-corrected chi connectivity index (χ2v) is 7.90. The van der Waals surface area contributed by atoms with Gasteiger partial charge in [-0.1, -0.05) is 0 Å². The monoisotopic (exact) mass is 346 g/mol. The number of likely N-dealkylation sites (tertiary alicyclic amines) is 2. The molecule has 2 amide bonds. The molecule has 1 aromatic heterocycles. The molecule has 0 aromatic carbocycles. The first-order valence-electron chi connectivity index (χ1n) is 8.76. The van der Waals surface area contributed by atoms with Crippen LogP contribution in [0, 0.1) is 5.41 Å². The first-order valence-corrected chi connectivity index (χ1v) is 8.76. The lowest BCUT2D eigenvalue weighted by molar-refractivity contribution is -0.156. The third-order valence-corrected chi connectivity index (χ3v) is 5.93. The van der Waals surface area contributed by atoms with Gasteiger partial charge in [0.2, 0.25) is 5.91 Å². The summed E-state index contributed by atoms with van der Waals surface area (Å²) in [4.78, 5) is 36.0. The van der Waals surface area contributed by atoms with E-state index in [0.29, 0.717) is 31.6 Å². The number of amides is 2. The largest absolute Gasteiger partial charge is 0.391 e. The quantitative estimate of drug-likeness (QED) is 0.823. The minimum atomic E-state index is -0.560. The Hall–Kier alpha value is -2.02. The van der Waals surface area contributed by atoms with Gasteiger partial charge in [0.15, 0.2) is 0 Å². The van der Waals surface area contributed by atoms with Crippen LogP contribution in [-0.2, 0) is 4.79 Å². The minimum absolute atomic E-state index is 0.0111. The molecule has 0 bridgehead atoms. The highest BCUT2D eigenvalue weighted by Crippen LogP contribution is 2.45. The maximum absolute atomic E-state index is 12.5. The molecule has 25 heavy (non-hydrogen) atoms. The molecule has 1 spiro atoms. The second kappa shape index (κ2) is 6.37. The maximum atomic E-state index is 12.5. The summed E-state index contributed by atoms with van der Waals surface area (Å²) in [5.41, 5.74) is -0.177. The van der Waals surface area contributed by atoms with E-state index in [9.17, 15) is 14.7 Å². The second-order valence-electron chi connectivity index (χ2n) is 7.90. The summed E-state index contributed by atoms with van der Waals surface area (Å²) in [5.74, 6) is -0.0707. The van der Waals surface area contributed by atoms with Gasteiger partial charge in [-0.25, -0.2) is 9.97 Å². The van der Waals surface area contributed by atoms with Gasteiger partial charge in [-0.2, -0.15) is 0 Å². The van der Waals surface area contributed by atoms with Crippen molar-refractivity contribution in [1.82, 2.24) is 19.8 Å². The molecular formula is C18H26N4O3. The number of nitrogens with zero attached hydrogens (tertiary/aromatic N) is 4. The Morgan fingerprint density at radius 3 is 2.36 bits per heavy atom. The van der Waals surface area contributed by atoms with Crippen LogP contribution in [0.15, 0.2) is 18.7 Å². The molecule has 7 heteroatoms. The van der Waals surface area contributed by atoms with Crippen molar-refractivity contribution in [3.63, 3.8) is 0 Å². The smallest absolute Gasteiger partial charge is 0.256 e. The summed E-state index contributed by atoms with van der Waals surface area (Å²) >= 11 is 0. The molecular weight excluding hydrogens is 320 g/mol. The molecule has 0 saturated carbocycles. The first kappa shape index (κ1) is 17.8. The van der Waals surface area contributed by atoms with Crippen LogP contribution < -0.4 is 0 Å². The zero-order valence-electron chi connectivity index (χ0n) is 15.1. The lowest BCUT2D eigenvalue weighted by Gasteiger charge is -2.55. The van der Waals surface area contributed by atoms with Crippen molar-refractivity contribution in [2.24, 2.45) is 5.41 Å². The van der Waals surface area contributed by atoms with Crippen molar-refractivity contribution in [3.8, 4) is 0 Å². The Kier molecular flexibility index (Phi) is 4.53. The molecule has 136 valence electrons. The Balaban J connectivity index is 1.71. The number of piperidine rings is 2. The summed E-state index contributed by atoms with van der Waals surface area (Å²) in [6, 6.07) is 0. The molecule has 1 atom stereocenters. The van der Waals surface area contributed by atoms with Gasteiger partial charge >= 0.3 is 0 Å². The van der Waals surface area contributed by atoms with E-state index in [-0.39, 0.29) is 17.2 Å². The average Bonchev–Trinajstić information content (AvgIpc) is 2.59. The van der Waals surface area contributed by atoms with Crippen molar-refractivity contribution in [2.75, 3.05) is 19.6 Å². The summed E-state index contributed by atoms with van der Waals surface area (Å²) < 4.78 is 0. The standard InChI is InChI=1S/C18H26N4O3/c1-13(23)22-11-18(8-15(24)17(22,2)3)4-6-21(7-5-18)16(25)14-9-19-12-20-10-14/h9-10,12,15,24H,4-8,11H2,1-3H3/t15-/m0/s1. The molecule has 3 rings (SSSR count). The van der Waals surface area contributed by atoms with Crippen molar-refractivity contribution in [1.29, 1.82) is 0 Å². The van der Waals surface area contributed by atoms with Gasteiger partial charge in [-0.05, 0) is 38.5 Å². The Labute approximate surface area is 148 Å². The van der Waals surface area contributed by atoms with Gasteiger partial charge in [0, 0.05) is 39.0 Å². The third kappa shape index (κ3) is 3.25. The Morgan fingerprint density at radius 2 is 1.80 bits per heavy atom. The van der Waals surface area contributed by atoms with E-state index in [1.807, 2.05) is 18.7 Å². The highest BCUT2D eigenvalue weighted by Gasteiger charge is 2.50. The van der Waals surface area contributed by atoms with E-state index >= 15 is 0 Å². The number of aromatic nitrogens is 2. The fraction of sp³-hybridized carbons (Fsp3) is 0.667. The van der Waals surface area contributed by atoms with Gasteiger partial charge in [0.1, 0.15) is 6.33 Å². The Bertz CT molecular complexity index is 654. The highest BCUT2D eigenvalue weighted by atomic mass is 16.3. The van der Waals surface area contributed by atoms with Gasteiger partial charge in [0.25, 0.3) is 5.91 Å². The summed E-state index contributed by atoms with van der Waals surface area (Å²) in [6.45, 7) is 7.27. The predicted octanol–water partition coefficient (Wildman–Crippen LogP) is 1.09. The molecule has 2 aliphatic heterocycles. The molecule has 0 radical (unpaired) electrons. The van der Waals surface area contributed by atoms with Gasteiger partial charge in [-0.15, -0.1) is 0 Å². The van der Waals surface area contributed by atoms with E-state index in [1.54, 1.807) is 11.8 Å². The molecule has 2 aliphatic rings. The summed E-state index contributed by atoms with van der Waals surface area (Å²) in [7, 11) is 0. The summed E-state index contributed by atoms with van der Waals surface area (Å²) in [5, 5.41) is 10.6. The van der Waals surface area contributed by atoms with Crippen LogP contribution in [0.3, 0.4) is 0 Å². The molecule has 1 N–H and O–H groups in total. The maximum Gasteiger partial charge on any atom is 0.256 e. The highest BCUT2D eigenvalue weighted by molar-refractivity contribution is 5.93. The average molecular weight is 346 g/mol. The third-order valence-electron chi connectivity index (χ3n) is 5.93. The number of carbonyl (C=O) groups excluding carboxylic acids is 2. The lowest BCUT2D eigenvalue weighted by atomic mass is 9.67. The predicted molar refractivity (Wildman–Crippen MR) is 91.7 cm³/mol. The first-order chi connectivity index (χ1) is 11.8. The van der Waals surface area contributed by atoms with Crippen LogP contribution in [0.25, 0.3) is 0 Å². The van der Waals surface area contributed by atoms with Crippen molar-refractivity contribution in [2.45, 2.75) is 51.7 Å². The number of rotatable bonds is 1. The lowest BCUT2D eigenvalue weighted by Crippen LogP contribution is -2.64. The number of hydrogen-bond acceptors (Lipinski definition) is 5. The van der Waals surface area contributed by atoms with Crippen molar-refractivity contribution < 1.29 is 14.7 Å². The van der Waals surface area contributed by atoms with Gasteiger partial charge in [0.05, 0.1) is 17.2 Å². The number of carbonyl (C=O) groups is 2. The zero-order valence-corrected chi connectivity index (χ0v) is 15.1. The van der Waals surface area contributed by atoms with Crippen LogP contribution in [0.1, 0.15) is 50.4 Å². The number of aliphatic hydroxyl groups is 1. The van der Waals surface area contributed by atoms with Crippen LogP contribution in [0.2, 0.25) is 0 Å². The molecule has 2 fully saturated rings. The zero-order chi connectivity index (χ0) is 18.2. The van der Waals surface area contributed by atoms with E-state index in [0.717, 1.165) is 12.8 Å². The fourth-order valence-corrected chi connectivity index (χ4v) is 4.10. The summed E-state index contributed by atoms with van der Waals surface area (Å²) in [6.07, 6.45) is 6.14. The van der Waals surface area contributed by atoms with E-state index < -0.39 is 11.6 Å². The molecule has 7 nitrogen and oxygen atoms in total. The van der Waals surface area contributed by atoms with Gasteiger partial charge in [-0.3, -0.25) is 9.59 Å². The minimum Gasteiger partial charge on any atom is -0.391 e. The topological polar surface area (TPSA) is 86.6 Å². The van der Waals surface area contributed by atoms with E-state index in [4.69, 9.17) is 0 Å².